The molecule has 2 aromatic rings. The summed E-state index contributed by atoms with van der Waals surface area (Å²) in [6.07, 6.45) is -0.446. The smallest absolute Gasteiger partial charge is 0.310 e. The molecule has 0 spiro atoms. The summed E-state index contributed by atoms with van der Waals surface area (Å²) in [5.41, 5.74) is 3.35. The molecule has 0 aliphatic carbocycles. The van der Waals surface area contributed by atoms with Crippen LogP contribution in [-0.2, 0) is 11.3 Å². The fourth-order valence-corrected chi connectivity index (χ4v) is 3.39. The number of piperidine rings is 1. The maximum atomic E-state index is 13.8. The van der Waals surface area contributed by atoms with Crippen LogP contribution in [-0.4, -0.2) is 50.1 Å². The number of aliphatic hydroxyl groups is 1. The summed E-state index contributed by atoms with van der Waals surface area (Å²) in [6.45, 7) is 5.05. The van der Waals surface area contributed by atoms with E-state index in [0.29, 0.717) is 19.5 Å². The minimum atomic E-state index is -1.00. The van der Waals surface area contributed by atoms with Crippen LogP contribution >= 0.6 is 0 Å². The Balaban J connectivity index is 1.88. The molecule has 1 aromatic heterocycles. The molecule has 0 bridgehead atoms. The average molecular weight is 347 g/mol. The third kappa shape index (κ3) is 3.72. The number of aryl methyl sites for hydroxylation is 2. The van der Waals surface area contributed by atoms with Crippen molar-refractivity contribution in [2.45, 2.75) is 32.9 Å². The molecule has 0 saturated carbocycles. The lowest BCUT2D eigenvalue weighted by molar-refractivity contribution is -0.149. The Bertz CT molecular complexity index is 790. The second-order valence-electron chi connectivity index (χ2n) is 6.65. The van der Waals surface area contributed by atoms with Gasteiger partial charge in [0, 0.05) is 25.3 Å². The Morgan fingerprint density at radius 3 is 2.76 bits per heavy atom. The third-order valence-corrected chi connectivity index (χ3v) is 4.65. The predicted molar refractivity (Wildman–Crippen MR) is 90.0 cm³/mol. The topological polar surface area (TPSA) is 78.6 Å². The molecule has 1 fully saturated rings. The summed E-state index contributed by atoms with van der Waals surface area (Å²) in [5, 5.41) is 23.6. The first kappa shape index (κ1) is 17.6. The number of halogens is 1. The highest BCUT2D eigenvalue weighted by atomic mass is 19.1. The molecule has 2 N–H and O–H groups in total. The lowest BCUT2D eigenvalue weighted by atomic mass is 9.94. The van der Waals surface area contributed by atoms with E-state index >= 15 is 0 Å². The van der Waals surface area contributed by atoms with E-state index in [9.17, 15) is 19.4 Å². The Hall–Kier alpha value is -2.25. The molecule has 3 rings (SSSR count). The van der Waals surface area contributed by atoms with Gasteiger partial charge in [-0.1, -0.05) is 0 Å². The largest absolute Gasteiger partial charge is 0.481 e. The van der Waals surface area contributed by atoms with Gasteiger partial charge in [-0.3, -0.25) is 9.69 Å². The van der Waals surface area contributed by atoms with Gasteiger partial charge in [-0.2, -0.15) is 5.10 Å². The highest BCUT2D eigenvalue weighted by molar-refractivity contribution is 5.71. The van der Waals surface area contributed by atoms with Crippen LogP contribution in [0.1, 0.15) is 23.4 Å². The van der Waals surface area contributed by atoms with E-state index in [1.807, 2.05) is 24.8 Å². The van der Waals surface area contributed by atoms with Crippen LogP contribution in [0.15, 0.2) is 24.3 Å². The maximum Gasteiger partial charge on any atom is 0.310 e. The van der Waals surface area contributed by atoms with Crippen molar-refractivity contribution >= 4 is 5.97 Å². The van der Waals surface area contributed by atoms with Crippen LogP contribution in [0.2, 0.25) is 0 Å². The number of hydrogen-bond donors (Lipinski definition) is 2. The molecule has 25 heavy (non-hydrogen) atoms. The van der Waals surface area contributed by atoms with Gasteiger partial charge in [0.1, 0.15) is 5.82 Å². The predicted octanol–water partition coefficient (Wildman–Crippen LogP) is 1.90. The highest BCUT2D eigenvalue weighted by Crippen LogP contribution is 2.24. The molecular weight excluding hydrogens is 325 g/mol. The number of carboxylic acids is 1. The molecule has 6 nitrogen and oxygen atoms in total. The quantitative estimate of drug-likeness (QED) is 0.883. The Labute approximate surface area is 145 Å². The van der Waals surface area contributed by atoms with Gasteiger partial charge in [-0.25, -0.2) is 9.07 Å². The standard InChI is InChI=1S/C18H22FN3O3/c1-11-7-12(2)22(20-11)16-4-3-14(19)8-13(16)9-21-6-5-17(23)15(10-21)18(24)25/h3-4,7-8,15,17,23H,5-6,9-10H2,1-2H3,(H,24,25)/t15-,17+/m1/s1. The van der Waals surface area contributed by atoms with E-state index in [1.165, 1.54) is 12.1 Å². The van der Waals surface area contributed by atoms with Crippen molar-refractivity contribution in [2.24, 2.45) is 5.92 Å². The van der Waals surface area contributed by atoms with Crippen LogP contribution in [0.5, 0.6) is 0 Å². The number of aliphatic carboxylic acids is 1. The van der Waals surface area contributed by atoms with Gasteiger partial charge >= 0.3 is 5.97 Å². The second kappa shape index (κ2) is 6.93. The summed E-state index contributed by atoms with van der Waals surface area (Å²) >= 11 is 0. The van der Waals surface area contributed by atoms with E-state index in [2.05, 4.69) is 5.10 Å². The number of carboxylic acid groups (broad SMARTS) is 1. The normalized spacial score (nSPS) is 21.4. The summed E-state index contributed by atoms with van der Waals surface area (Å²) in [7, 11) is 0. The van der Waals surface area contributed by atoms with Gasteiger partial charge in [0.2, 0.25) is 0 Å². The van der Waals surface area contributed by atoms with E-state index < -0.39 is 18.0 Å². The van der Waals surface area contributed by atoms with E-state index in [0.717, 1.165) is 22.6 Å². The molecule has 1 aliphatic heterocycles. The molecule has 1 aliphatic rings. The van der Waals surface area contributed by atoms with Crippen LogP contribution < -0.4 is 0 Å². The maximum absolute atomic E-state index is 13.8. The van der Waals surface area contributed by atoms with Crippen LogP contribution in [0.25, 0.3) is 5.69 Å². The van der Waals surface area contributed by atoms with Crippen LogP contribution in [0.3, 0.4) is 0 Å². The average Bonchev–Trinajstić information content (AvgIpc) is 2.87. The lowest BCUT2D eigenvalue weighted by Crippen LogP contribution is -2.46. The second-order valence-corrected chi connectivity index (χ2v) is 6.65. The van der Waals surface area contributed by atoms with Crippen LogP contribution in [0.4, 0.5) is 4.39 Å². The van der Waals surface area contributed by atoms with Gasteiger partial charge in [0.05, 0.1) is 23.4 Å². The molecule has 0 unspecified atom stereocenters. The first-order chi connectivity index (χ1) is 11.8. The van der Waals surface area contributed by atoms with Crippen molar-refractivity contribution in [3.63, 3.8) is 0 Å². The van der Waals surface area contributed by atoms with Crippen LogP contribution in [0, 0.1) is 25.6 Å². The number of hydrogen-bond acceptors (Lipinski definition) is 4. The molecule has 1 saturated heterocycles. The molecular formula is C18H22FN3O3. The molecule has 134 valence electrons. The SMILES string of the molecule is Cc1cc(C)n(-c2ccc(F)cc2CN2CC[C@H](O)[C@H](C(=O)O)C2)n1. The first-order valence-electron chi connectivity index (χ1n) is 8.30. The fraction of sp³-hybridized carbons (Fsp3) is 0.444. The van der Waals surface area contributed by atoms with Crippen molar-refractivity contribution in [1.29, 1.82) is 0 Å². The third-order valence-electron chi connectivity index (χ3n) is 4.65. The van der Waals surface area contributed by atoms with Gasteiger partial charge < -0.3 is 10.2 Å². The minimum absolute atomic E-state index is 0.240. The van der Waals surface area contributed by atoms with E-state index in [-0.39, 0.29) is 12.4 Å². The monoisotopic (exact) mass is 347 g/mol. The Morgan fingerprint density at radius 1 is 1.36 bits per heavy atom. The van der Waals surface area contributed by atoms with Gasteiger partial charge in [-0.15, -0.1) is 0 Å². The number of aromatic nitrogens is 2. The number of aliphatic hydroxyl groups excluding tert-OH is 1. The number of rotatable bonds is 4. The number of likely N-dealkylation sites (tertiary alicyclic amines) is 1. The molecule has 2 heterocycles. The highest BCUT2D eigenvalue weighted by Gasteiger charge is 2.33. The van der Waals surface area contributed by atoms with Crippen molar-refractivity contribution in [1.82, 2.24) is 14.7 Å². The number of benzene rings is 1. The van der Waals surface area contributed by atoms with Crippen molar-refractivity contribution in [3.05, 3.63) is 47.0 Å². The summed E-state index contributed by atoms with van der Waals surface area (Å²) < 4.78 is 15.6. The first-order valence-corrected chi connectivity index (χ1v) is 8.30. The zero-order valence-electron chi connectivity index (χ0n) is 14.3. The zero-order valence-corrected chi connectivity index (χ0v) is 14.3. The fourth-order valence-electron chi connectivity index (χ4n) is 3.39. The Morgan fingerprint density at radius 2 is 2.12 bits per heavy atom. The van der Waals surface area contributed by atoms with Gasteiger partial charge in [0.25, 0.3) is 0 Å². The van der Waals surface area contributed by atoms with Crippen molar-refractivity contribution in [2.75, 3.05) is 13.1 Å². The zero-order chi connectivity index (χ0) is 18.1. The summed E-state index contributed by atoms with van der Waals surface area (Å²) in [5.74, 6) is -2.17. The summed E-state index contributed by atoms with van der Waals surface area (Å²) in [6, 6.07) is 6.50. The minimum Gasteiger partial charge on any atom is -0.481 e. The number of nitrogens with zero attached hydrogens (tertiary/aromatic N) is 3. The summed E-state index contributed by atoms with van der Waals surface area (Å²) in [4.78, 5) is 13.2. The molecule has 0 amide bonds. The van der Waals surface area contributed by atoms with Gasteiger partial charge in [-0.05, 0) is 50.1 Å². The molecule has 1 aromatic carbocycles. The Kier molecular flexibility index (Phi) is 4.87. The lowest BCUT2D eigenvalue weighted by Gasteiger charge is -2.34. The van der Waals surface area contributed by atoms with Gasteiger partial charge in [0.15, 0.2) is 0 Å². The number of carbonyl (C=O) groups is 1. The van der Waals surface area contributed by atoms with E-state index in [4.69, 9.17) is 0 Å². The molecule has 7 heteroatoms. The molecule has 2 atom stereocenters. The van der Waals surface area contributed by atoms with Crippen molar-refractivity contribution < 1.29 is 19.4 Å². The van der Waals surface area contributed by atoms with E-state index in [1.54, 1.807) is 10.7 Å². The van der Waals surface area contributed by atoms with Crippen molar-refractivity contribution in [3.8, 4) is 5.69 Å². The molecule has 0 radical (unpaired) electrons.